The predicted octanol–water partition coefficient (Wildman–Crippen LogP) is 0.505. The van der Waals surface area contributed by atoms with Crippen LogP contribution >= 0.6 is 0 Å². The van der Waals surface area contributed by atoms with Gasteiger partial charge in [0.1, 0.15) is 11.6 Å². The van der Waals surface area contributed by atoms with Gasteiger partial charge in [-0.25, -0.2) is 4.98 Å². The van der Waals surface area contributed by atoms with Crippen molar-refractivity contribution < 1.29 is 18.3 Å². The van der Waals surface area contributed by atoms with Gasteiger partial charge in [0, 0.05) is 32.4 Å². The first-order chi connectivity index (χ1) is 11.3. The molecular weight excluding hydrogens is 329 g/mol. The number of nitrogens with zero attached hydrogens (tertiary/aromatic N) is 7. The topological polar surface area (TPSA) is 106 Å². The average molecular weight is 342 g/mol. The van der Waals surface area contributed by atoms with Crippen LogP contribution in [0.25, 0.3) is 5.65 Å². The fourth-order valence-corrected chi connectivity index (χ4v) is 2.26. The molecular formula is C12H13F3N8O. The average Bonchev–Trinajstić information content (AvgIpc) is 3.14. The lowest BCUT2D eigenvalue weighted by atomic mass is 9.97. The van der Waals surface area contributed by atoms with Crippen molar-refractivity contribution in [1.82, 2.24) is 34.8 Å². The van der Waals surface area contributed by atoms with E-state index in [1.165, 1.54) is 25.5 Å². The molecule has 3 rings (SSSR count). The third kappa shape index (κ3) is 2.75. The molecule has 0 aliphatic rings. The second-order valence-electron chi connectivity index (χ2n) is 5.14. The first-order valence-corrected chi connectivity index (χ1v) is 6.87. The summed E-state index contributed by atoms with van der Waals surface area (Å²) >= 11 is 0. The highest BCUT2D eigenvalue weighted by Gasteiger charge is 2.57. The highest BCUT2D eigenvalue weighted by molar-refractivity contribution is 5.42. The molecule has 0 saturated heterocycles. The number of hydrogen-bond acceptors (Lipinski definition) is 7. The number of fused-ring (bicyclic) bond motifs is 1. The van der Waals surface area contributed by atoms with Crippen LogP contribution in [0.15, 0.2) is 24.5 Å². The molecule has 0 aromatic carbocycles. The molecule has 3 heterocycles. The number of tetrazole rings is 1. The Morgan fingerprint density at radius 3 is 2.75 bits per heavy atom. The van der Waals surface area contributed by atoms with Crippen molar-refractivity contribution in [3.05, 3.63) is 30.4 Å². The van der Waals surface area contributed by atoms with E-state index >= 15 is 0 Å². The number of nitrogens with one attached hydrogen (secondary N) is 1. The van der Waals surface area contributed by atoms with E-state index < -0.39 is 24.0 Å². The molecule has 3 aromatic heterocycles. The molecule has 0 bridgehead atoms. The lowest BCUT2D eigenvalue weighted by Gasteiger charge is -2.30. The van der Waals surface area contributed by atoms with Gasteiger partial charge < -0.3 is 15.0 Å². The summed E-state index contributed by atoms with van der Waals surface area (Å²) in [7, 11) is 1.39. The molecule has 1 atom stereocenters. The van der Waals surface area contributed by atoms with E-state index in [4.69, 9.17) is 0 Å². The second-order valence-corrected chi connectivity index (χ2v) is 5.14. The Balaban J connectivity index is 1.75. The quantitative estimate of drug-likeness (QED) is 0.695. The third-order valence-corrected chi connectivity index (χ3v) is 3.52. The van der Waals surface area contributed by atoms with Crippen molar-refractivity contribution >= 4 is 11.5 Å². The van der Waals surface area contributed by atoms with Crippen LogP contribution in [-0.4, -0.2) is 52.6 Å². The minimum atomic E-state index is -4.87. The highest BCUT2D eigenvalue weighted by Crippen LogP contribution is 2.40. The molecule has 0 aliphatic heterocycles. The van der Waals surface area contributed by atoms with Gasteiger partial charge in [0.15, 0.2) is 5.65 Å². The minimum Gasteiger partial charge on any atom is -0.374 e. The summed E-state index contributed by atoms with van der Waals surface area (Å²) in [6, 6.07) is 3.09. The summed E-state index contributed by atoms with van der Waals surface area (Å²) in [5.41, 5.74) is -2.67. The maximum atomic E-state index is 13.4. The van der Waals surface area contributed by atoms with Gasteiger partial charge in [-0.05, 0) is 22.6 Å². The maximum absolute atomic E-state index is 13.4. The van der Waals surface area contributed by atoms with Crippen LogP contribution in [0.2, 0.25) is 0 Å². The molecule has 0 amide bonds. The minimum absolute atomic E-state index is 0.191. The molecule has 0 saturated carbocycles. The van der Waals surface area contributed by atoms with E-state index in [0.29, 0.717) is 5.65 Å². The predicted molar refractivity (Wildman–Crippen MR) is 74.8 cm³/mol. The summed E-state index contributed by atoms with van der Waals surface area (Å²) in [6.07, 6.45) is -2.98. The van der Waals surface area contributed by atoms with Gasteiger partial charge >= 0.3 is 6.18 Å². The Hall–Kier alpha value is -2.76. The Bertz CT molecular complexity index is 844. The zero-order valence-electron chi connectivity index (χ0n) is 12.4. The van der Waals surface area contributed by atoms with Crippen LogP contribution in [0.3, 0.4) is 0 Å². The number of aliphatic hydroxyl groups is 1. The van der Waals surface area contributed by atoms with E-state index in [-0.39, 0.29) is 12.4 Å². The molecule has 0 radical (unpaired) electrons. The standard InChI is InChI=1S/C12H13F3N8O/c1-22-7-6-17-10(22)11(24,12(13,14)15)4-5-16-8-2-3-9-18-20-21-23(9)19-8/h2-3,6-7,24H,4-5H2,1H3,(H,16,19)/t11-/m1/s1. The largest absolute Gasteiger partial charge is 0.424 e. The van der Waals surface area contributed by atoms with Crippen LogP contribution in [-0.2, 0) is 12.6 Å². The third-order valence-electron chi connectivity index (χ3n) is 3.52. The molecule has 0 spiro atoms. The Labute approximate surface area is 133 Å². The highest BCUT2D eigenvalue weighted by atomic mass is 19.4. The number of aromatic nitrogens is 7. The van der Waals surface area contributed by atoms with Crippen LogP contribution in [0, 0.1) is 0 Å². The van der Waals surface area contributed by atoms with Gasteiger partial charge in [-0.3, -0.25) is 0 Å². The van der Waals surface area contributed by atoms with Gasteiger partial charge in [-0.15, -0.1) is 14.8 Å². The Morgan fingerprint density at radius 2 is 2.08 bits per heavy atom. The van der Waals surface area contributed by atoms with E-state index in [1.54, 1.807) is 6.07 Å². The summed E-state index contributed by atoms with van der Waals surface area (Å²) in [6.45, 7) is -0.191. The smallest absolute Gasteiger partial charge is 0.374 e. The van der Waals surface area contributed by atoms with Crippen LogP contribution in [0.4, 0.5) is 19.0 Å². The molecule has 0 unspecified atom stereocenters. The summed E-state index contributed by atoms with van der Waals surface area (Å²) < 4.78 is 42.4. The van der Waals surface area contributed by atoms with Crippen LogP contribution in [0.1, 0.15) is 12.2 Å². The monoisotopic (exact) mass is 342 g/mol. The van der Waals surface area contributed by atoms with E-state index in [9.17, 15) is 18.3 Å². The molecule has 2 N–H and O–H groups in total. The van der Waals surface area contributed by atoms with Gasteiger partial charge in [-0.1, -0.05) is 0 Å². The number of anilines is 1. The Morgan fingerprint density at radius 1 is 1.29 bits per heavy atom. The molecule has 0 fully saturated rings. The van der Waals surface area contributed by atoms with Crippen LogP contribution in [0.5, 0.6) is 0 Å². The molecule has 3 aromatic rings. The molecule has 12 heteroatoms. The first kappa shape index (κ1) is 16.1. The summed E-state index contributed by atoms with van der Waals surface area (Å²) in [5, 5.41) is 27.6. The van der Waals surface area contributed by atoms with Gasteiger partial charge in [-0.2, -0.15) is 13.2 Å². The van der Waals surface area contributed by atoms with E-state index in [0.717, 1.165) is 9.20 Å². The fraction of sp³-hybridized carbons (Fsp3) is 0.417. The number of halogens is 3. The van der Waals surface area contributed by atoms with Crippen molar-refractivity contribution in [3.8, 4) is 0 Å². The second kappa shape index (κ2) is 5.70. The normalized spacial score (nSPS) is 14.7. The van der Waals surface area contributed by atoms with Crippen molar-refractivity contribution in [2.24, 2.45) is 7.05 Å². The molecule has 0 aliphatic carbocycles. The van der Waals surface area contributed by atoms with Crippen molar-refractivity contribution in [2.45, 2.75) is 18.2 Å². The first-order valence-electron chi connectivity index (χ1n) is 6.87. The SMILES string of the molecule is Cn1ccnc1[C@](O)(CCNc1ccc2nnnn2n1)C(F)(F)F. The van der Waals surface area contributed by atoms with Gasteiger partial charge in [0.2, 0.25) is 5.60 Å². The summed E-state index contributed by atoms with van der Waals surface area (Å²) in [5.74, 6) is -0.195. The van der Waals surface area contributed by atoms with Crippen molar-refractivity contribution in [2.75, 3.05) is 11.9 Å². The maximum Gasteiger partial charge on any atom is 0.424 e. The summed E-state index contributed by atoms with van der Waals surface area (Å²) in [4.78, 5) is 3.63. The lowest BCUT2D eigenvalue weighted by molar-refractivity contribution is -0.271. The Kier molecular flexibility index (Phi) is 3.83. The zero-order valence-corrected chi connectivity index (χ0v) is 12.4. The number of rotatable bonds is 5. The lowest BCUT2D eigenvalue weighted by Crippen LogP contribution is -2.45. The fourth-order valence-electron chi connectivity index (χ4n) is 2.26. The number of alkyl halides is 3. The zero-order chi connectivity index (χ0) is 17.4. The van der Waals surface area contributed by atoms with Crippen molar-refractivity contribution in [3.63, 3.8) is 0 Å². The number of imidazole rings is 1. The molecule has 24 heavy (non-hydrogen) atoms. The van der Waals surface area contributed by atoms with E-state index in [2.05, 4.69) is 30.9 Å². The van der Waals surface area contributed by atoms with E-state index in [1.807, 2.05) is 0 Å². The molecule has 128 valence electrons. The number of hydrogen-bond donors (Lipinski definition) is 2. The number of aryl methyl sites for hydroxylation is 1. The van der Waals surface area contributed by atoms with Gasteiger partial charge in [0.05, 0.1) is 0 Å². The van der Waals surface area contributed by atoms with Crippen molar-refractivity contribution in [1.29, 1.82) is 0 Å². The van der Waals surface area contributed by atoms with Gasteiger partial charge in [0.25, 0.3) is 0 Å². The molecule has 9 nitrogen and oxygen atoms in total. The van der Waals surface area contributed by atoms with Crippen LogP contribution < -0.4 is 5.32 Å².